The lowest BCUT2D eigenvalue weighted by Gasteiger charge is -1.95. The van der Waals surface area contributed by atoms with Crippen molar-refractivity contribution in [2.24, 2.45) is 0 Å². The van der Waals surface area contributed by atoms with Crippen LogP contribution in [0.3, 0.4) is 0 Å². The number of hydrogen-bond acceptors (Lipinski definition) is 4. The average molecular weight is 220 g/mol. The van der Waals surface area contributed by atoms with Crippen molar-refractivity contribution in [3.05, 3.63) is 34.7 Å². The molecule has 15 heavy (non-hydrogen) atoms. The van der Waals surface area contributed by atoms with Gasteiger partial charge >= 0.3 is 0 Å². The molecular weight excluding hydrogens is 212 g/mol. The molecule has 0 saturated carbocycles. The zero-order chi connectivity index (χ0) is 10.8. The predicted octanol–water partition coefficient (Wildman–Crippen LogP) is 1.59. The van der Waals surface area contributed by atoms with E-state index in [4.69, 9.17) is 5.73 Å². The Hall–Kier alpha value is -1.75. The van der Waals surface area contributed by atoms with Gasteiger partial charge in [-0.2, -0.15) is 0 Å². The van der Waals surface area contributed by atoms with Gasteiger partial charge in [-0.3, -0.25) is 14.9 Å². The molecule has 0 atom stereocenters. The van der Waals surface area contributed by atoms with E-state index in [9.17, 15) is 9.59 Å². The second-order valence-corrected chi connectivity index (χ2v) is 4.03. The number of nitrogen functional groups attached to an aromatic ring is 1. The summed E-state index contributed by atoms with van der Waals surface area (Å²) >= 11 is 0.903. The molecule has 4 nitrogen and oxygen atoms in total. The molecule has 76 valence electrons. The lowest BCUT2D eigenvalue weighted by Crippen LogP contribution is -2.17. The van der Waals surface area contributed by atoms with Gasteiger partial charge in [0.25, 0.3) is 11.1 Å². The predicted molar refractivity (Wildman–Crippen MR) is 60.0 cm³/mol. The molecule has 1 saturated heterocycles. The number of imide groups is 1. The Morgan fingerprint density at radius 3 is 2.40 bits per heavy atom. The van der Waals surface area contributed by atoms with E-state index < -0.39 is 0 Å². The van der Waals surface area contributed by atoms with Crippen molar-refractivity contribution in [2.75, 3.05) is 5.73 Å². The van der Waals surface area contributed by atoms with Crippen LogP contribution in [0.2, 0.25) is 0 Å². The van der Waals surface area contributed by atoms with Gasteiger partial charge in [0.2, 0.25) is 0 Å². The summed E-state index contributed by atoms with van der Waals surface area (Å²) in [5.74, 6) is -0.346. The lowest BCUT2D eigenvalue weighted by atomic mass is 10.2. The third-order valence-corrected chi connectivity index (χ3v) is 2.69. The minimum atomic E-state index is -0.346. The highest BCUT2D eigenvalue weighted by Gasteiger charge is 2.24. The third kappa shape index (κ3) is 2.19. The molecule has 0 aliphatic carbocycles. The summed E-state index contributed by atoms with van der Waals surface area (Å²) in [5, 5.41) is 1.86. The fraction of sp³-hybridized carbons (Fsp3) is 0. The number of carbonyl (C=O) groups excluding carboxylic acids is 2. The van der Waals surface area contributed by atoms with Crippen molar-refractivity contribution in [3.63, 3.8) is 0 Å². The monoisotopic (exact) mass is 220 g/mol. The Kier molecular flexibility index (Phi) is 2.47. The van der Waals surface area contributed by atoms with E-state index in [-0.39, 0.29) is 11.1 Å². The first kappa shape index (κ1) is 9.79. The third-order valence-electron chi connectivity index (χ3n) is 1.88. The highest BCUT2D eigenvalue weighted by molar-refractivity contribution is 8.18. The summed E-state index contributed by atoms with van der Waals surface area (Å²) < 4.78 is 0. The molecule has 1 heterocycles. The maximum atomic E-state index is 11.2. The second kappa shape index (κ2) is 3.78. The minimum absolute atomic E-state index is 0.332. The topological polar surface area (TPSA) is 72.2 Å². The molecule has 1 aliphatic heterocycles. The Bertz CT molecular complexity index is 451. The quantitative estimate of drug-likeness (QED) is 0.557. The van der Waals surface area contributed by atoms with Crippen molar-refractivity contribution < 1.29 is 9.59 Å². The van der Waals surface area contributed by atoms with Crippen LogP contribution >= 0.6 is 11.8 Å². The Morgan fingerprint density at radius 1 is 1.20 bits per heavy atom. The molecule has 2 rings (SSSR count). The molecule has 2 amide bonds. The molecule has 0 spiro atoms. The molecule has 1 aromatic rings. The van der Waals surface area contributed by atoms with E-state index in [1.807, 2.05) is 0 Å². The molecule has 1 aliphatic rings. The first-order valence-corrected chi connectivity index (χ1v) is 5.07. The first-order chi connectivity index (χ1) is 7.15. The summed E-state index contributed by atoms with van der Waals surface area (Å²) in [6, 6.07) is 7.06. The van der Waals surface area contributed by atoms with Crippen LogP contribution < -0.4 is 11.1 Å². The van der Waals surface area contributed by atoms with Crippen LogP contribution in [-0.2, 0) is 4.79 Å². The smallest absolute Gasteiger partial charge is 0.290 e. The zero-order valence-corrected chi connectivity index (χ0v) is 8.51. The summed E-state index contributed by atoms with van der Waals surface area (Å²) in [4.78, 5) is 22.5. The van der Waals surface area contributed by atoms with E-state index in [1.54, 1.807) is 30.3 Å². The molecule has 3 N–H and O–H groups in total. The van der Waals surface area contributed by atoms with Crippen LogP contribution in [0, 0.1) is 0 Å². The first-order valence-electron chi connectivity index (χ1n) is 4.25. The number of rotatable bonds is 1. The highest BCUT2D eigenvalue weighted by atomic mass is 32.2. The van der Waals surface area contributed by atoms with Crippen LogP contribution in [0.15, 0.2) is 29.2 Å². The molecule has 5 heteroatoms. The van der Waals surface area contributed by atoms with Gasteiger partial charge in [0.05, 0.1) is 4.91 Å². The number of thioether (sulfide) groups is 1. The van der Waals surface area contributed by atoms with Crippen LogP contribution in [0.25, 0.3) is 6.08 Å². The van der Waals surface area contributed by atoms with Gasteiger partial charge in [0.1, 0.15) is 0 Å². The van der Waals surface area contributed by atoms with E-state index in [1.165, 1.54) is 0 Å². The molecule has 1 fully saturated rings. The lowest BCUT2D eigenvalue weighted by molar-refractivity contribution is -0.115. The fourth-order valence-electron chi connectivity index (χ4n) is 1.16. The Morgan fingerprint density at radius 2 is 1.87 bits per heavy atom. The number of nitrogens with two attached hydrogens (primary N) is 1. The van der Waals surface area contributed by atoms with Crippen LogP contribution in [-0.4, -0.2) is 11.1 Å². The number of hydrogen-bond donors (Lipinski definition) is 2. The standard InChI is InChI=1S/C10H8N2O2S/c11-7-3-1-6(2-4-7)5-8-9(13)12-10(14)15-8/h1-5H,11H2,(H,12,13,14). The summed E-state index contributed by atoms with van der Waals surface area (Å²) in [6.45, 7) is 0. The zero-order valence-electron chi connectivity index (χ0n) is 7.69. The fourth-order valence-corrected chi connectivity index (χ4v) is 1.85. The van der Waals surface area contributed by atoms with Crippen LogP contribution in [0.5, 0.6) is 0 Å². The molecule has 1 aromatic carbocycles. The van der Waals surface area contributed by atoms with E-state index in [0.29, 0.717) is 10.6 Å². The summed E-state index contributed by atoms with van der Waals surface area (Å²) in [6.07, 6.45) is 1.66. The SMILES string of the molecule is Nc1ccc(C=C2SC(=O)NC2=O)cc1. The number of anilines is 1. The average Bonchev–Trinajstić information content (AvgIpc) is 2.49. The van der Waals surface area contributed by atoms with Gasteiger partial charge in [-0.1, -0.05) is 12.1 Å². The van der Waals surface area contributed by atoms with E-state index >= 15 is 0 Å². The molecule has 0 radical (unpaired) electrons. The normalized spacial score (nSPS) is 18.3. The van der Waals surface area contributed by atoms with E-state index in [0.717, 1.165) is 17.3 Å². The molecular formula is C10H8N2O2S. The van der Waals surface area contributed by atoms with Crippen LogP contribution in [0.1, 0.15) is 5.56 Å². The minimum Gasteiger partial charge on any atom is -0.399 e. The summed E-state index contributed by atoms with van der Waals surface area (Å²) in [5.41, 5.74) is 7.03. The maximum Gasteiger partial charge on any atom is 0.290 e. The second-order valence-electron chi connectivity index (χ2n) is 3.02. The molecule has 0 bridgehead atoms. The number of amides is 2. The van der Waals surface area contributed by atoms with Crippen molar-refractivity contribution in [3.8, 4) is 0 Å². The van der Waals surface area contributed by atoms with Gasteiger partial charge in [0.15, 0.2) is 0 Å². The van der Waals surface area contributed by atoms with Gasteiger partial charge in [-0.15, -0.1) is 0 Å². The van der Waals surface area contributed by atoms with E-state index in [2.05, 4.69) is 5.32 Å². The Labute approximate surface area is 90.5 Å². The van der Waals surface area contributed by atoms with Crippen molar-refractivity contribution in [1.29, 1.82) is 0 Å². The van der Waals surface area contributed by atoms with Crippen molar-refractivity contribution >= 4 is 34.7 Å². The van der Waals surface area contributed by atoms with Gasteiger partial charge in [-0.25, -0.2) is 0 Å². The van der Waals surface area contributed by atoms with Crippen LogP contribution in [0.4, 0.5) is 10.5 Å². The largest absolute Gasteiger partial charge is 0.399 e. The van der Waals surface area contributed by atoms with Crippen molar-refractivity contribution in [2.45, 2.75) is 0 Å². The highest BCUT2D eigenvalue weighted by Crippen LogP contribution is 2.25. The van der Waals surface area contributed by atoms with Gasteiger partial charge < -0.3 is 5.73 Å². The number of carbonyl (C=O) groups is 2. The van der Waals surface area contributed by atoms with Gasteiger partial charge in [-0.05, 0) is 35.5 Å². The maximum absolute atomic E-state index is 11.2. The molecule has 0 aromatic heterocycles. The Balaban J connectivity index is 2.27. The number of benzene rings is 1. The number of nitrogens with one attached hydrogen (secondary N) is 1. The van der Waals surface area contributed by atoms with Gasteiger partial charge in [0, 0.05) is 5.69 Å². The summed E-state index contributed by atoms with van der Waals surface area (Å²) in [7, 11) is 0. The van der Waals surface area contributed by atoms with Crippen molar-refractivity contribution in [1.82, 2.24) is 5.32 Å². The molecule has 0 unspecified atom stereocenters.